The highest BCUT2D eigenvalue weighted by molar-refractivity contribution is 6.36. The Kier molecular flexibility index (Phi) is 7.81. The highest BCUT2D eigenvalue weighted by Crippen LogP contribution is 2.29. The van der Waals surface area contributed by atoms with Crippen LogP contribution in [0.3, 0.4) is 0 Å². The van der Waals surface area contributed by atoms with E-state index >= 15 is 0 Å². The van der Waals surface area contributed by atoms with Crippen LogP contribution in [0.15, 0.2) is 121 Å². The van der Waals surface area contributed by atoms with Crippen LogP contribution >= 0.6 is 0 Å². The zero-order valence-corrected chi connectivity index (χ0v) is 19.0. The molecule has 0 fully saturated rings. The van der Waals surface area contributed by atoms with Crippen LogP contribution < -0.4 is 0 Å². The van der Waals surface area contributed by atoms with E-state index in [1.165, 1.54) is 0 Å². The average molecular weight is 465 g/mol. The Morgan fingerprint density at radius 1 is 0.514 bits per heavy atom. The molecule has 0 heterocycles. The summed E-state index contributed by atoms with van der Waals surface area (Å²) >= 11 is 0. The fourth-order valence-electron chi connectivity index (χ4n) is 4.03. The summed E-state index contributed by atoms with van der Waals surface area (Å²) in [5.74, 6) is -3.96. The first-order valence-corrected chi connectivity index (χ1v) is 11.3. The van der Waals surface area contributed by atoms with Gasteiger partial charge in [-0.15, -0.1) is 0 Å². The summed E-state index contributed by atoms with van der Waals surface area (Å²) in [6.45, 7) is 0. The fourth-order valence-corrected chi connectivity index (χ4v) is 4.03. The molecule has 35 heavy (non-hydrogen) atoms. The number of carbonyl (C=O) groups excluding carboxylic acids is 3. The van der Waals surface area contributed by atoms with E-state index in [-0.39, 0.29) is 12.3 Å². The Bertz CT molecular complexity index is 1180. The van der Waals surface area contributed by atoms with E-state index in [1.807, 2.05) is 72.8 Å². The molecule has 4 rings (SSSR count). The minimum Gasteiger partial charge on any atom is -0.285 e. The Labute approximate surface area is 203 Å². The van der Waals surface area contributed by atoms with Crippen molar-refractivity contribution in [3.8, 4) is 0 Å². The molecule has 5 heteroatoms. The summed E-state index contributed by atoms with van der Waals surface area (Å²) in [6, 6.07) is 36.9. The summed E-state index contributed by atoms with van der Waals surface area (Å²) in [5.41, 5.74) is 3.12. The van der Waals surface area contributed by atoms with Crippen molar-refractivity contribution >= 4 is 17.7 Å². The van der Waals surface area contributed by atoms with Gasteiger partial charge in [-0.25, -0.2) is 19.4 Å². The Morgan fingerprint density at radius 3 is 1.29 bits per heavy atom. The molecule has 0 spiro atoms. The number of rotatable bonds is 8. The summed E-state index contributed by atoms with van der Waals surface area (Å²) in [5, 5.41) is 0. The van der Waals surface area contributed by atoms with E-state index in [0.29, 0.717) is 11.1 Å². The van der Waals surface area contributed by atoms with Crippen molar-refractivity contribution in [2.75, 3.05) is 0 Å². The van der Waals surface area contributed by atoms with Crippen molar-refractivity contribution in [2.45, 2.75) is 18.3 Å². The molecule has 4 aromatic carbocycles. The standard InChI is InChI=1S/C30H24O5/c31-27(21-26(22-13-5-1-6-14-22)23-15-7-2-8-16-23)34-35-30(33)29(32)28(24-17-9-3-10-18-24)25-19-11-4-12-20-25/h1-20,26,28H,21H2. The number of hydrogen-bond donors (Lipinski definition) is 0. The van der Waals surface area contributed by atoms with Gasteiger partial charge in [-0.2, -0.15) is 0 Å². The molecule has 0 radical (unpaired) electrons. The second-order valence-electron chi connectivity index (χ2n) is 8.02. The summed E-state index contributed by atoms with van der Waals surface area (Å²) in [6.07, 6.45) is -0.0592. The smallest absolute Gasteiger partial charge is 0.285 e. The van der Waals surface area contributed by atoms with Gasteiger partial charge in [0.25, 0.3) is 5.78 Å². The maximum Gasteiger partial charge on any atom is 0.422 e. The van der Waals surface area contributed by atoms with Crippen molar-refractivity contribution in [1.29, 1.82) is 0 Å². The van der Waals surface area contributed by atoms with Crippen LogP contribution in [0.5, 0.6) is 0 Å². The van der Waals surface area contributed by atoms with Gasteiger partial charge in [0.05, 0.1) is 12.3 Å². The van der Waals surface area contributed by atoms with E-state index in [0.717, 1.165) is 11.1 Å². The maximum atomic E-state index is 13.1. The van der Waals surface area contributed by atoms with Gasteiger partial charge >= 0.3 is 11.9 Å². The van der Waals surface area contributed by atoms with E-state index in [1.54, 1.807) is 48.5 Å². The van der Waals surface area contributed by atoms with Crippen LogP contribution in [0.25, 0.3) is 0 Å². The van der Waals surface area contributed by atoms with Gasteiger partial charge in [0.2, 0.25) is 0 Å². The first kappa shape index (κ1) is 23.6. The van der Waals surface area contributed by atoms with Gasteiger partial charge in [-0.1, -0.05) is 121 Å². The predicted molar refractivity (Wildman–Crippen MR) is 131 cm³/mol. The van der Waals surface area contributed by atoms with Gasteiger partial charge in [0.1, 0.15) is 0 Å². The van der Waals surface area contributed by atoms with Crippen molar-refractivity contribution in [2.24, 2.45) is 0 Å². The van der Waals surface area contributed by atoms with Gasteiger partial charge in [-0.05, 0) is 22.3 Å². The lowest BCUT2D eigenvalue weighted by Gasteiger charge is -2.17. The molecule has 4 aromatic rings. The summed E-state index contributed by atoms with van der Waals surface area (Å²) in [4.78, 5) is 47.8. The molecule has 0 unspecified atom stereocenters. The molecule has 174 valence electrons. The Morgan fingerprint density at radius 2 is 0.886 bits per heavy atom. The van der Waals surface area contributed by atoms with Crippen LogP contribution in [-0.4, -0.2) is 17.7 Å². The molecule has 0 aliphatic rings. The number of ketones is 1. The molecule has 0 saturated heterocycles. The molecule has 5 nitrogen and oxygen atoms in total. The van der Waals surface area contributed by atoms with Crippen LogP contribution in [-0.2, 0) is 24.2 Å². The lowest BCUT2D eigenvalue weighted by Crippen LogP contribution is -2.26. The minimum absolute atomic E-state index is 0.0592. The van der Waals surface area contributed by atoms with Crippen LogP contribution in [0.2, 0.25) is 0 Å². The number of benzene rings is 4. The summed E-state index contributed by atoms with van der Waals surface area (Å²) < 4.78 is 0. The number of Topliss-reactive ketones (excluding diaryl/α,β-unsaturated/α-hetero) is 1. The third-order valence-corrected chi connectivity index (χ3v) is 5.71. The summed E-state index contributed by atoms with van der Waals surface area (Å²) in [7, 11) is 0. The molecular weight excluding hydrogens is 440 g/mol. The normalized spacial score (nSPS) is 10.7. The average Bonchev–Trinajstić information content (AvgIpc) is 2.92. The third kappa shape index (κ3) is 6.09. The van der Waals surface area contributed by atoms with Crippen molar-refractivity contribution in [3.05, 3.63) is 144 Å². The van der Waals surface area contributed by atoms with Crippen LogP contribution in [0.4, 0.5) is 0 Å². The molecule has 0 aromatic heterocycles. The Hall–Kier alpha value is -4.51. The fraction of sp³-hybridized carbons (Fsp3) is 0.100. The molecule has 0 aliphatic heterocycles. The van der Waals surface area contributed by atoms with Gasteiger partial charge in [0.15, 0.2) is 0 Å². The maximum absolute atomic E-state index is 13.1. The topological polar surface area (TPSA) is 69.7 Å². The molecule has 0 saturated carbocycles. The largest absolute Gasteiger partial charge is 0.422 e. The van der Waals surface area contributed by atoms with E-state index < -0.39 is 23.6 Å². The molecular formula is C30H24O5. The molecule has 0 atom stereocenters. The van der Waals surface area contributed by atoms with E-state index in [4.69, 9.17) is 9.78 Å². The third-order valence-electron chi connectivity index (χ3n) is 5.71. The molecule has 0 bridgehead atoms. The van der Waals surface area contributed by atoms with Gasteiger partial charge in [-0.3, -0.25) is 4.79 Å². The molecule has 0 N–H and O–H groups in total. The quantitative estimate of drug-likeness (QED) is 0.193. The highest BCUT2D eigenvalue weighted by atomic mass is 17.2. The molecule has 0 aliphatic carbocycles. The highest BCUT2D eigenvalue weighted by Gasteiger charge is 2.31. The van der Waals surface area contributed by atoms with Gasteiger partial charge in [0, 0.05) is 5.92 Å². The van der Waals surface area contributed by atoms with Crippen LogP contribution in [0.1, 0.15) is 40.5 Å². The lowest BCUT2D eigenvalue weighted by atomic mass is 9.88. The SMILES string of the molecule is O=C(CC(c1ccccc1)c1ccccc1)OOC(=O)C(=O)C(c1ccccc1)c1ccccc1. The van der Waals surface area contributed by atoms with E-state index in [9.17, 15) is 14.4 Å². The number of carbonyl (C=O) groups is 3. The minimum atomic E-state index is -1.23. The van der Waals surface area contributed by atoms with E-state index in [2.05, 4.69) is 0 Å². The second-order valence-corrected chi connectivity index (χ2v) is 8.02. The second kappa shape index (κ2) is 11.6. The Balaban J connectivity index is 1.45. The lowest BCUT2D eigenvalue weighted by molar-refractivity contribution is -0.257. The number of hydrogen-bond acceptors (Lipinski definition) is 5. The monoisotopic (exact) mass is 464 g/mol. The first-order valence-electron chi connectivity index (χ1n) is 11.3. The van der Waals surface area contributed by atoms with Crippen molar-refractivity contribution in [1.82, 2.24) is 0 Å². The molecule has 0 amide bonds. The predicted octanol–water partition coefficient (Wildman–Crippen LogP) is 5.61. The zero-order valence-electron chi connectivity index (χ0n) is 19.0. The zero-order chi connectivity index (χ0) is 24.5. The first-order chi connectivity index (χ1) is 17.1. The van der Waals surface area contributed by atoms with Crippen molar-refractivity contribution < 1.29 is 24.2 Å². The van der Waals surface area contributed by atoms with Crippen molar-refractivity contribution in [3.63, 3.8) is 0 Å². The van der Waals surface area contributed by atoms with Crippen LogP contribution in [0, 0.1) is 0 Å². The van der Waals surface area contributed by atoms with Gasteiger partial charge < -0.3 is 0 Å².